The van der Waals surface area contributed by atoms with Gasteiger partial charge in [0, 0.05) is 78.3 Å². The van der Waals surface area contributed by atoms with Crippen LogP contribution in [0.4, 0.5) is 0 Å². The van der Waals surface area contributed by atoms with Gasteiger partial charge in [-0.05, 0) is 37.5 Å². The van der Waals surface area contributed by atoms with Crippen molar-refractivity contribution < 1.29 is 38.1 Å². The van der Waals surface area contributed by atoms with Gasteiger partial charge >= 0.3 is 0 Å². The summed E-state index contributed by atoms with van der Waals surface area (Å²) in [6.07, 6.45) is 46.9. The molecule has 0 aromatic heterocycles. The summed E-state index contributed by atoms with van der Waals surface area (Å²) < 4.78 is 22.8. The number of hydrogen-bond donors (Lipinski definition) is 2. The van der Waals surface area contributed by atoms with Gasteiger partial charge in [0.15, 0.2) is 0 Å². The van der Waals surface area contributed by atoms with Gasteiger partial charge in [-0.15, -0.1) is 0 Å². The number of carbonyl (C=O) groups is 4. The third-order valence-electron chi connectivity index (χ3n) is 17.5. The van der Waals surface area contributed by atoms with Crippen molar-refractivity contribution in [3.8, 4) is 0 Å². The fourth-order valence-corrected chi connectivity index (χ4v) is 12.3. The lowest BCUT2D eigenvalue weighted by Gasteiger charge is -2.35. The van der Waals surface area contributed by atoms with Gasteiger partial charge in [0.1, 0.15) is 12.1 Å². The normalized spacial score (nSPS) is 15.0. The number of nitrogens with one attached hydrogen (secondary N) is 2. The monoisotopic (exact) mass is 1190 g/mol. The first-order chi connectivity index (χ1) is 41.1. The first kappa shape index (κ1) is 77.7. The van der Waals surface area contributed by atoms with Crippen LogP contribution in [-0.4, -0.2) is 174 Å². The molecule has 2 heterocycles. The number of carbonyl (C=O) groups excluding carboxylic acids is 4. The third kappa shape index (κ3) is 41.7. The van der Waals surface area contributed by atoms with Gasteiger partial charge in [0.05, 0.1) is 52.9 Å². The van der Waals surface area contributed by atoms with E-state index in [2.05, 4.69) is 34.3 Å². The molecule has 2 aliphatic heterocycles. The summed E-state index contributed by atoms with van der Waals surface area (Å²) in [5.41, 5.74) is 0. The average Bonchev–Trinajstić information content (AvgIpc) is 3.51. The van der Waals surface area contributed by atoms with Crippen molar-refractivity contribution in [3.05, 3.63) is 0 Å². The summed E-state index contributed by atoms with van der Waals surface area (Å²) in [5, 5.41) is 6.16. The zero-order valence-corrected chi connectivity index (χ0v) is 56.0. The van der Waals surface area contributed by atoms with Crippen LogP contribution in [0.25, 0.3) is 0 Å². The standard InChI is InChI=1S/C70H136N6O8/c1-7-9-11-13-15-17-19-21-23-25-27-29-31-33-35-37-39-43-65(77)75(49-41-47-73-51-57-83-58-52-73)67(63(3)4)69(79)71-45-55-81-61-62-82-56-46-72-70(80)68(64(5)6)76(50-42-48-74-53-59-84-60-54-74)66(78)44-40-38-36-34-32-30-28-26-24-22-20-18-16-14-12-10-8-2/h63-64,67-68H,7-62H2,1-6H3,(H,71,79)(H,72,80). The maximum absolute atomic E-state index is 14.0. The largest absolute Gasteiger partial charge is 0.379 e. The van der Waals surface area contributed by atoms with Crippen molar-refractivity contribution in [1.82, 2.24) is 30.2 Å². The lowest BCUT2D eigenvalue weighted by molar-refractivity contribution is -0.142. The Balaban J connectivity index is 1.72. The van der Waals surface area contributed by atoms with Crippen LogP contribution in [0.5, 0.6) is 0 Å². The number of hydrogen-bond acceptors (Lipinski definition) is 10. The van der Waals surface area contributed by atoms with E-state index in [0.29, 0.717) is 65.4 Å². The zero-order chi connectivity index (χ0) is 60.8. The van der Waals surface area contributed by atoms with Crippen LogP contribution in [0.2, 0.25) is 0 Å². The molecule has 2 N–H and O–H groups in total. The lowest BCUT2D eigenvalue weighted by Crippen LogP contribution is -2.53. The summed E-state index contributed by atoms with van der Waals surface area (Å²) >= 11 is 0. The Labute approximate surface area is 517 Å². The zero-order valence-electron chi connectivity index (χ0n) is 56.0. The minimum absolute atomic E-state index is 0.0409. The first-order valence-corrected chi connectivity index (χ1v) is 36.0. The highest BCUT2D eigenvalue weighted by Gasteiger charge is 2.33. The second-order valence-corrected chi connectivity index (χ2v) is 25.8. The van der Waals surface area contributed by atoms with E-state index in [1.165, 1.54) is 180 Å². The van der Waals surface area contributed by atoms with Crippen molar-refractivity contribution >= 4 is 23.6 Å². The van der Waals surface area contributed by atoms with Crippen LogP contribution >= 0.6 is 0 Å². The molecular formula is C70H136N6O8. The van der Waals surface area contributed by atoms with E-state index in [1.807, 2.05) is 37.5 Å². The van der Waals surface area contributed by atoms with Gasteiger partial charge in [-0.3, -0.25) is 29.0 Å². The molecule has 2 unspecified atom stereocenters. The fourth-order valence-electron chi connectivity index (χ4n) is 12.3. The average molecular weight is 1190 g/mol. The van der Waals surface area contributed by atoms with Crippen molar-refractivity contribution in [2.75, 3.05) is 118 Å². The van der Waals surface area contributed by atoms with E-state index in [9.17, 15) is 19.2 Å². The second-order valence-electron chi connectivity index (χ2n) is 25.8. The number of nitrogens with zero attached hydrogens (tertiary/aromatic N) is 4. The van der Waals surface area contributed by atoms with Crippen molar-refractivity contribution in [1.29, 1.82) is 0 Å². The molecule has 2 aliphatic rings. The summed E-state index contributed by atoms with van der Waals surface area (Å²) in [6.45, 7) is 24.2. The van der Waals surface area contributed by atoms with Gasteiger partial charge in [-0.2, -0.15) is 0 Å². The Kier molecular flexibility index (Phi) is 51.7. The minimum Gasteiger partial charge on any atom is -0.379 e. The molecular weight excluding hydrogens is 1050 g/mol. The molecule has 0 bridgehead atoms. The van der Waals surface area contributed by atoms with Gasteiger partial charge in [0.25, 0.3) is 0 Å². The highest BCUT2D eigenvalue weighted by molar-refractivity contribution is 5.88. The summed E-state index contributed by atoms with van der Waals surface area (Å²) in [6, 6.07) is -1.09. The molecule has 0 radical (unpaired) electrons. The highest BCUT2D eigenvalue weighted by atomic mass is 16.5. The molecule has 0 saturated carbocycles. The topological polar surface area (TPSA) is 142 Å². The molecule has 4 amide bonds. The van der Waals surface area contributed by atoms with Crippen LogP contribution in [0.1, 0.15) is 286 Å². The molecule has 0 aromatic carbocycles. The van der Waals surface area contributed by atoms with Gasteiger partial charge in [-0.25, -0.2) is 0 Å². The third-order valence-corrected chi connectivity index (χ3v) is 17.5. The summed E-state index contributed by atoms with van der Waals surface area (Å²) in [4.78, 5) is 64.2. The van der Waals surface area contributed by atoms with E-state index in [4.69, 9.17) is 18.9 Å². The van der Waals surface area contributed by atoms with Gasteiger partial charge in [-0.1, -0.05) is 247 Å². The molecule has 14 nitrogen and oxygen atoms in total. The maximum Gasteiger partial charge on any atom is 0.243 e. The molecule has 2 rings (SSSR count). The first-order valence-electron chi connectivity index (χ1n) is 36.0. The molecule has 2 fully saturated rings. The molecule has 0 aromatic rings. The predicted molar refractivity (Wildman–Crippen MR) is 350 cm³/mol. The van der Waals surface area contributed by atoms with Crippen LogP contribution in [0.15, 0.2) is 0 Å². The Hall–Kier alpha value is -2.36. The Morgan fingerprint density at radius 1 is 0.381 bits per heavy atom. The van der Waals surface area contributed by atoms with Gasteiger partial charge in [0.2, 0.25) is 23.6 Å². The van der Waals surface area contributed by atoms with Crippen molar-refractivity contribution in [2.24, 2.45) is 11.8 Å². The predicted octanol–water partition coefficient (Wildman–Crippen LogP) is 14.5. The summed E-state index contributed by atoms with van der Waals surface area (Å²) in [5.74, 6) is -0.179. The molecule has 84 heavy (non-hydrogen) atoms. The van der Waals surface area contributed by atoms with Crippen LogP contribution in [-0.2, 0) is 38.1 Å². The molecule has 494 valence electrons. The second kappa shape index (κ2) is 55.9. The number of unbranched alkanes of at least 4 members (excludes halogenated alkanes) is 32. The number of amides is 4. The SMILES string of the molecule is CCCCCCCCCCCCCCCCCCCC(=O)N(CCCN1CCOCC1)C(C(=O)NCCOCCOCCNC(=O)C(C(C)C)N(CCCN1CCOCC1)C(=O)CCCCCCCCCCCCCCCCCCC)C(C)C. The van der Waals surface area contributed by atoms with Crippen molar-refractivity contribution in [3.63, 3.8) is 0 Å². The summed E-state index contributed by atoms with van der Waals surface area (Å²) in [7, 11) is 0. The minimum atomic E-state index is -0.546. The number of ether oxygens (including phenoxy) is 4. The lowest BCUT2D eigenvalue weighted by atomic mass is 9.99. The molecule has 2 atom stereocenters. The van der Waals surface area contributed by atoms with E-state index in [0.717, 1.165) is 117 Å². The smallest absolute Gasteiger partial charge is 0.243 e. The van der Waals surface area contributed by atoms with Crippen LogP contribution in [0.3, 0.4) is 0 Å². The molecule has 14 heteroatoms. The number of morpholine rings is 2. The molecule has 0 aliphatic carbocycles. The highest BCUT2D eigenvalue weighted by Crippen LogP contribution is 2.21. The Bertz CT molecular complexity index is 1420. The van der Waals surface area contributed by atoms with Crippen LogP contribution < -0.4 is 10.6 Å². The Morgan fingerprint density at radius 2 is 0.643 bits per heavy atom. The van der Waals surface area contributed by atoms with E-state index >= 15 is 0 Å². The van der Waals surface area contributed by atoms with Crippen LogP contribution in [0, 0.1) is 11.8 Å². The van der Waals surface area contributed by atoms with E-state index in [1.54, 1.807) is 0 Å². The quantitative estimate of drug-likeness (QED) is 0.0565. The Morgan fingerprint density at radius 3 is 0.905 bits per heavy atom. The number of rotatable bonds is 59. The molecule has 0 spiro atoms. The van der Waals surface area contributed by atoms with E-state index in [-0.39, 0.29) is 35.5 Å². The van der Waals surface area contributed by atoms with Crippen molar-refractivity contribution in [2.45, 2.75) is 298 Å². The maximum atomic E-state index is 14.0. The van der Waals surface area contributed by atoms with E-state index < -0.39 is 12.1 Å². The fraction of sp³-hybridized carbons (Fsp3) is 0.943. The molecule has 2 saturated heterocycles. The van der Waals surface area contributed by atoms with Gasteiger partial charge < -0.3 is 39.4 Å².